The Morgan fingerprint density at radius 2 is 1.81 bits per heavy atom. The first kappa shape index (κ1) is 18.5. The molecule has 0 saturated carbocycles. The molecule has 2 aromatic rings. The molecule has 142 valence electrons. The van der Waals surface area contributed by atoms with Gasteiger partial charge in [0.25, 0.3) is 0 Å². The van der Waals surface area contributed by atoms with Crippen molar-refractivity contribution in [3.05, 3.63) is 27.7 Å². The number of hydrogen-bond acceptors (Lipinski definition) is 5. The topological polar surface area (TPSA) is 59.7 Å². The summed E-state index contributed by atoms with van der Waals surface area (Å²) in [7, 11) is 4.12. The van der Waals surface area contributed by atoms with Crippen LogP contribution in [0.5, 0.6) is 0 Å². The molecule has 0 bridgehead atoms. The van der Waals surface area contributed by atoms with Gasteiger partial charge < -0.3 is 23.7 Å². The molecule has 7 nitrogen and oxygen atoms in total. The van der Waals surface area contributed by atoms with Crippen LogP contribution in [-0.2, 0) is 18.3 Å². The molecule has 0 aromatic carbocycles. The smallest absolute Gasteiger partial charge is 0.343 e. The van der Waals surface area contributed by atoms with Crippen LogP contribution in [0.3, 0.4) is 0 Å². The molecule has 7 heteroatoms. The molecule has 1 saturated heterocycles. The van der Waals surface area contributed by atoms with E-state index in [0.29, 0.717) is 11.9 Å². The quantitative estimate of drug-likeness (QED) is 0.775. The van der Waals surface area contributed by atoms with Crippen molar-refractivity contribution in [1.29, 1.82) is 0 Å². The van der Waals surface area contributed by atoms with Crippen LogP contribution in [0.25, 0.3) is 10.9 Å². The molecular formula is C19H28N4O3. The second kappa shape index (κ2) is 7.15. The van der Waals surface area contributed by atoms with Crippen molar-refractivity contribution >= 4 is 22.7 Å². The highest BCUT2D eigenvalue weighted by molar-refractivity contribution is 5.99. The summed E-state index contributed by atoms with van der Waals surface area (Å²) in [6.45, 7) is 10.4. The van der Waals surface area contributed by atoms with Gasteiger partial charge in [0.15, 0.2) is 0 Å². The Hall–Kier alpha value is -2.28. The number of rotatable bonds is 4. The first-order valence-corrected chi connectivity index (χ1v) is 9.23. The third-order valence-electron chi connectivity index (χ3n) is 5.31. The van der Waals surface area contributed by atoms with Crippen LogP contribution in [0.15, 0.2) is 11.0 Å². The molecule has 1 aliphatic rings. The predicted molar refractivity (Wildman–Crippen MR) is 103 cm³/mol. The number of ether oxygens (including phenoxy) is 1. The fraction of sp³-hybridized carbons (Fsp3) is 0.579. The molecule has 1 fully saturated rings. The summed E-state index contributed by atoms with van der Waals surface area (Å²) in [6, 6.07) is 0. The number of piperazine rings is 1. The van der Waals surface area contributed by atoms with Crippen molar-refractivity contribution < 1.29 is 9.53 Å². The lowest BCUT2D eigenvalue weighted by Gasteiger charge is -2.34. The summed E-state index contributed by atoms with van der Waals surface area (Å²) in [5.41, 5.74) is 1.67. The van der Waals surface area contributed by atoms with Gasteiger partial charge in [0.05, 0.1) is 17.5 Å². The van der Waals surface area contributed by atoms with Gasteiger partial charge in [0, 0.05) is 51.7 Å². The summed E-state index contributed by atoms with van der Waals surface area (Å²) in [4.78, 5) is 30.0. The van der Waals surface area contributed by atoms with Crippen molar-refractivity contribution in [2.45, 2.75) is 27.3 Å². The Labute approximate surface area is 153 Å². The molecule has 0 spiro atoms. The van der Waals surface area contributed by atoms with E-state index in [1.54, 1.807) is 13.1 Å². The minimum absolute atomic E-state index is 0.111. The SMILES string of the molecule is CCOC(=O)c1cn(CC)c2c(N3CCN(C)CC3)n(C)c(C)c2c1=O. The molecule has 0 N–H and O–H groups in total. The van der Waals surface area contributed by atoms with Crippen LogP contribution in [0.2, 0.25) is 0 Å². The third-order valence-corrected chi connectivity index (χ3v) is 5.31. The number of hydrogen-bond donors (Lipinski definition) is 0. The van der Waals surface area contributed by atoms with Crippen molar-refractivity contribution in [3.8, 4) is 0 Å². The fourth-order valence-corrected chi connectivity index (χ4v) is 3.71. The lowest BCUT2D eigenvalue weighted by Crippen LogP contribution is -2.45. The van der Waals surface area contributed by atoms with E-state index in [-0.39, 0.29) is 17.6 Å². The van der Waals surface area contributed by atoms with E-state index in [0.717, 1.165) is 43.2 Å². The highest BCUT2D eigenvalue weighted by Gasteiger charge is 2.27. The van der Waals surface area contributed by atoms with E-state index in [4.69, 9.17) is 4.74 Å². The highest BCUT2D eigenvalue weighted by Crippen LogP contribution is 2.31. The van der Waals surface area contributed by atoms with E-state index in [2.05, 4.69) is 21.4 Å². The van der Waals surface area contributed by atoms with Crippen molar-refractivity contribution in [2.24, 2.45) is 7.05 Å². The number of aromatic nitrogens is 2. The van der Waals surface area contributed by atoms with Gasteiger partial charge in [-0.05, 0) is 27.8 Å². The van der Waals surface area contributed by atoms with Gasteiger partial charge >= 0.3 is 5.97 Å². The van der Waals surface area contributed by atoms with Crippen LogP contribution in [0.1, 0.15) is 29.9 Å². The maximum atomic E-state index is 13.1. The van der Waals surface area contributed by atoms with Gasteiger partial charge in [0.2, 0.25) is 5.43 Å². The molecule has 26 heavy (non-hydrogen) atoms. The average Bonchev–Trinajstić information content (AvgIpc) is 2.89. The van der Waals surface area contributed by atoms with Crippen LogP contribution < -0.4 is 10.3 Å². The number of carbonyl (C=O) groups excluding carboxylic acids is 1. The van der Waals surface area contributed by atoms with Crippen LogP contribution in [0.4, 0.5) is 5.82 Å². The number of fused-ring (bicyclic) bond motifs is 1. The monoisotopic (exact) mass is 360 g/mol. The number of carbonyl (C=O) groups is 1. The zero-order valence-electron chi connectivity index (χ0n) is 16.3. The van der Waals surface area contributed by atoms with Crippen LogP contribution >= 0.6 is 0 Å². The number of esters is 1. The van der Waals surface area contributed by atoms with E-state index >= 15 is 0 Å². The number of anilines is 1. The summed E-state index contributed by atoms with van der Waals surface area (Å²) in [5.74, 6) is 0.506. The second-order valence-corrected chi connectivity index (χ2v) is 6.86. The summed E-state index contributed by atoms with van der Waals surface area (Å²) in [6.07, 6.45) is 1.65. The normalized spacial score (nSPS) is 15.7. The minimum Gasteiger partial charge on any atom is -0.462 e. The number of nitrogens with zero attached hydrogens (tertiary/aromatic N) is 4. The van der Waals surface area contributed by atoms with Gasteiger partial charge in [-0.2, -0.15) is 0 Å². The maximum absolute atomic E-state index is 13.1. The highest BCUT2D eigenvalue weighted by atomic mass is 16.5. The average molecular weight is 360 g/mol. The van der Waals surface area contributed by atoms with E-state index in [1.807, 2.05) is 25.5 Å². The molecule has 0 radical (unpaired) electrons. The third kappa shape index (κ3) is 2.90. The van der Waals surface area contributed by atoms with Crippen molar-refractivity contribution in [3.63, 3.8) is 0 Å². The molecule has 3 rings (SSSR count). The number of likely N-dealkylation sites (N-methyl/N-ethyl adjacent to an activating group) is 1. The summed E-state index contributed by atoms with van der Waals surface area (Å²) in [5, 5.41) is 0.619. The molecular weight excluding hydrogens is 332 g/mol. The van der Waals surface area contributed by atoms with E-state index < -0.39 is 5.97 Å². The molecule has 0 amide bonds. The Morgan fingerprint density at radius 1 is 1.15 bits per heavy atom. The number of aryl methyl sites for hydroxylation is 2. The summed E-state index contributed by atoms with van der Waals surface area (Å²) < 4.78 is 9.17. The molecule has 1 aliphatic heterocycles. The molecule has 0 aliphatic carbocycles. The Balaban J connectivity index is 2.25. The van der Waals surface area contributed by atoms with Gasteiger partial charge in [-0.15, -0.1) is 0 Å². The van der Waals surface area contributed by atoms with Crippen molar-refractivity contribution in [2.75, 3.05) is 44.7 Å². The van der Waals surface area contributed by atoms with Gasteiger partial charge in [-0.1, -0.05) is 0 Å². The Bertz CT molecular complexity index is 889. The first-order chi connectivity index (χ1) is 12.4. The Morgan fingerprint density at radius 3 is 2.38 bits per heavy atom. The Kier molecular flexibility index (Phi) is 5.09. The molecule has 0 atom stereocenters. The van der Waals surface area contributed by atoms with Gasteiger partial charge in [0.1, 0.15) is 11.4 Å². The first-order valence-electron chi connectivity index (χ1n) is 9.23. The van der Waals surface area contributed by atoms with Crippen LogP contribution in [-0.4, -0.2) is 59.8 Å². The standard InChI is InChI=1S/C19H28N4O3/c1-6-22-12-14(19(25)26-7-2)17(24)15-13(3)21(5)18(16(15)22)23-10-8-20(4)9-11-23/h12H,6-11H2,1-5H3. The van der Waals surface area contributed by atoms with E-state index in [9.17, 15) is 9.59 Å². The molecule has 2 aromatic heterocycles. The fourth-order valence-electron chi connectivity index (χ4n) is 3.71. The van der Waals surface area contributed by atoms with Crippen LogP contribution in [0, 0.1) is 6.92 Å². The van der Waals surface area contributed by atoms with Crippen molar-refractivity contribution in [1.82, 2.24) is 14.0 Å². The predicted octanol–water partition coefficient (Wildman–Crippen LogP) is 1.60. The number of pyridine rings is 1. The second-order valence-electron chi connectivity index (χ2n) is 6.86. The molecule has 3 heterocycles. The van der Waals surface area contributed by atoms with Gasteiger partial charge in [-0.3, -0.25) is 4.79 Å². The van der Waals surface area contributed by atoms with Gasteiger partial charge in [-0.25, -0.2) is 4.79 Å². The minimum atomic E-state index is -0.550. The zero-order chi connectivity index (χ0) is 19.0. The zero-order valence-corrected chi connectivity index (χ0v) is 16.3. The molecule has 0 unspecified atom stereocenters. The van der Waals surface area contributed by atoms with E-state index in [1.165, 1.54) is 0 Å². The lowest BCUT2D eigenvalue weighted by atomic mass is 10.1. The summed E-state index contributed by atoms with van der Waals surface area (Å²) >= 11 is 0. The lowest BCUT2D eigenvalue weighted by molar-refractivity contribution is 0.0524. The largest absolute Gasteiger partial charge is 0.462 e. The maximum Gasteiger partial charge on any atom is 0.343 e.